The average Bonchev–Trinajstić information content (AvgIpc) is 2.41. The van der Waals surface area contributed by atoms with E-state index in [1.807, 2.05) is 6.07 Å². The number of hydrogen-bond donors (Lipinski definition) is 2. The Morgan fingerprint density at radius 1 is 1.20 bits per heavy atom. The van der Waals surface area contributed by atoms with Gasteiger partial charge in [0.1, 0.15) is 0 Å². The lowest BCUT2D eigenvalue weighted by molar-refractivity contribution is 0.600. The molecular formula is C14H15ClN2O2S. The number of rotatable bonds is 4. The Morgan fingerprint density at radius 3 is 2.45 bits per heavy atom. The largest absolute Gasteiger partial charge is 0.326 e. The monoisotopic (exact) mass is 310 g/mol. The molecule has 0 atom stereocenters. The van der Waals surface area contributed by atoms with Crippen molar-refractivity contribution >= 4 is 27.3 Å². The molecule has 2 aromatic carbocycles. The van der Waals surface area contributed by atoms with Gasteiger partial charge in [-0.3, -0.25) is 4.72 Å². The summed E-state index contributed by atoms with van der Waals surface area (Å²) in [5.74, 6) is 0. The molecule has 0 saturated carbocycles. The van der Waals surface area contributed by atoms with Gasteiger partial charge in [0.25, 0.3) is 10.0 Å². The third kappa shape index (κ3) is 3.12. The molecule has 0 fully saturated rings. The molecule has 0 amide bonds. The second-order valence-corrected chi connectivity index (χ2v) is 6.45. The van der Waals surface area contributed by atoms with Gasteiger partial charge in [-0.2, -0.15) is 0 Å². The Kier molecular flexibility index (Phi) is 4.32. The van der Waals surface area contributed by atoms with Crippen molar-refractivity contribution in [1.82, 2.24) is 0 Å². The number of nitrogens with one attached hydrogen (secondary N) is 1. The van der Waals surface area contributed by atoms with Crippen molar-refractivity contribution in [2.45, 2.75) is 18.4 Å². The normalized spacial score (nSPS) is 11.3. The molecule has 106 valence electrons. The maximum atomic E-state index is 12.4. The number of nitrogens with two attached hydrogens (primary N) is 1. The average molecular weight is 311 g/mol. The minimum absolute atomic E-state index is 0.148. The van der Waals surface area contributed by atoms with Gasteiger partial charge >= 0.3 is 0 Å². The molecular weight excluding hydrogens is 296 g/mol. The quantitative estimate of drug-likeness (QED) is 0.912. The maximum absolute atomic E-state index is 12.4. The van der Waals surface area contributed by atoms with E-state index < -0.39 is 10.0 Å². The van der Waals surface area contributed by atoms with Gasteiger partial charge in [0, 0.05) is 17.3 Å². The zero-order valence-electron chi connectivity index (χ0n) is 10.9. The fourth-order valence-electron chi connectivity index (χ4n) is 1.92. The summed E-state index contributed by atoms with van der Waals surface area (Å²) in [6.07, 6.45) is 0. The van der Waals surface area contributed by atoms with Crippen molar-refractivity contribution in [1.29, 1.82) is 0 Å². The van der Waals surface area contributed by atoms with Crippen LogP contribution in [0.4, 0.5) is 5.69 Å². The zero-order valence-corrected chi connectivity index (χ0v) is 12.5. The Morgan fingerprint density at radius 2 is 1.85 bits per heavy atom. The number of sulfonamides is 1. The molecule has 0 aromatic heterocycles. The van der Waals surface area contributed by atoms with Gasteiger partial charge in [-0.25, -0.2) is 8.42 Å². The number of para-hydroxylation sites is 1. The van der Waals surface area contributed by atoms with Crippen LogP contribution in [0.2, 0.25) is 5.02 Å². The number of anilines is 1. The Hall–Kier alpha value is -1.56. The van der Waals surface area contributed by atoms with Crippen LogP contribution in [0, 0.1) is 6.92 Å². The number of benzene rings is 2. The lowest BCUT2D eigenvalue weighted by Crippen LogP contribution is -2.15. The third-order valence-electron chi connectivity index (χ3n) is 2.97. The summed E-state index contributed by atoms with van der Waals surface area (Å²) in [5, 5.41) is 0.351. The van der Waals surface area contributed by atoms with Crippen LogP contribution in [-0.2, 0) is 16.6 Å². The second-order valence-electron chi connectivity index (χ2n) is 4.36. The Balaban J connectivity index is 2.47. The van der Waals surface area contributed by atoms with E-state index >= 15 is 0 Å². The van der Waals surface area contributed by atoms with E-state index in [-0.39, 0.29) is 11.4 Å². The molecule has 3 N–H and O–H groups in total. The van der Waals surface area contributed by atoms with Crippen molar-refractivity contribution in [3.05, 3.63) is 58.6 Å². The highest BCUT2D eigenvalue weighted by molar-refractivity contribution is 7.92. The summed E-state index contributed by atoms with van der Waals surface area (Å²) >= 11 is 5.96. The fourth-order valence-corrected chi connectivity index (χ4v) is 3.59. The SMILES string of the molecule is Cc1c(CN)cc(Cl)cc1S(=O)(=O)Nc1ccccc1. The molecule has 4 nitrogen and oxygen atoms in total. The molecule has 0 bridgehead atoms. The van der Waals surface area contributed by atoms with Crippen LogP contribution >= 0.6 is 11.6 Å². The molecule has 0 aliphatic carbocycles. The first kappa shape index (κ1) is 14.8. The zero-order chi connectivity index (χ0) is 14.8. The predicted octanol–water partition coefficient (Wildman–Crippen LogP) is 2.91. The van der Waals surface area contributed by atoms with Gasteiger partial charge in [-0.1, -0.05) is 29.8 Å². The van der Waals surface area contributed by atoms with Crippen LogP contribution < -0.4 is 10.5 Å². The third-order valence-corrected chi connectivity index (χ3v) is 4.69. The van der Waals surface area contributed by atoms with E-state index in [0.29, 0.717) is 21.8 Å². The Bertz CT molecular complexity index is 715. The molecule has 0 radical (unpaired) electrons. The number of halogens is 1. The fraction of sp³-hybridized carbons (Fsp3) is 0.143. The van der Waals surface area contributed by atoms with E-state index in [4.69, 9.17) is 17.3 Å². The second kappa shape index (κ2) is 5.83. The molecule has 2 aromatic rings. The van der Waals surface area contributed by atoms with Gasteiger partial charge in [0.15, 0.2) is 0 Å². The summed E-state index contributed by atoms with van der Waals surface area (Å²) in [6, 6.07) is 11.8. The summed E-state index contributed by atoms with van der Waals surface area (Å²) in [7, 11) is -3.69. The van der Waals surface area contributed by atoms with E-state index in [1.165, 1.54) is 6.07 Å². The van der Waals surface area contributed by atoms with Gasteiger partial charge in [0.05, 0.1) is 4.90 Å². The van der Waals surface area contributed by atoms with Crippen LogP contribution in [0.3, 0.4) is 0 Å². The molecule has 20 heavy (non-hydrogen) atoms. The van der Waals surface area contributed by atoms with Gasteiger partial charge in [-0.05, 0) is 42.3 Å². The molecule has 0 aliphatic heterocycles. The molecule has 0 spiro atoms. The summed E-state index contributed by atoms with van der Waals surface area (Å²) < 4.78 is 27.4. The van der Waals surface area contributed by atoms with Gasteiger partial charge in [0.2, 0.25) is 0 Å². The molecule has 0 saturated heterocycles. The highest BCUT2D eigenvalue weighted by Gasteiger charge is 2.19. The topological polar surface area (TPSA) is 72.2 Å². The Labute approximate surface area is 123 Å². The predicted molar refractivity (Wildman–Crippen MR) is 81.3 cm³/mol. The van der Waals surface area contributed by atoms with Crippen LogP contribution in [0.15, 0.2) is 47.4 Å². The standard InChI is InChI=1S/C14H15ClN2O2S/c1-10-11(9-16)7-12(15)8-14(10)20(18,19)17-13-5-3-2-4-6-13/h2-8,17H,9,16H2,1H3. The van der Waals surface area contributed by atoms with Crippen LogP contribution in [-0.4, -0.2) is 8.42 Å². The molecule has 2 rings (SSSR count). The molecule has 0 heterocycles. The van der Waals surface area contributed by atoms with Gasteiger partial charge < -0.3 is 5.73 Å². The minimum Gasteiger partial charge on any atom is -0.326 e. The number of hydrogen-bond acceptors (Lipinski definition) is 3. The van der Waals surface area contributed by atoms with Gasteiger partial charge in [-0.15, -0.1) is 0 Å². The van der Waals surface area contributed by atoms with E-state index in [1.54, 1.807) is 37.3 Å². The highest BCUT2D eigenvalue weighted by atomic mass is 35.5. The van der Waals surface area contributed by atoms with E-state index in [0.717, 1.165) is 0 Å². The maximum Gasteiger partial charge on any atom is 0.262 e. The van der Waals surface area contributed by atoms with E-state index in [9.17, 15) is 8.42 Å². The first-order valence-corrected chi connectivity index (χ1v) is 7.87. The first-order valence-electron chi connectivity index (χ1n) is 6.01. The molecule has 6 heteroatoms. The van der Waals surface area contributed by atoms with Crippen LogP contribution in [0.5, 0.6) is 0 Å². The molecule has 0 aliphatic rings. The lowest BCUT2D eigenvalue weighted by Gasteiger charge is -2.13. The van der Waals surface area contributed by atoms with Crippen LogP contribution in [0.1, 0.15) is 11.1 Å². The van der Waals surface area contributed by atoms with E-state index in [2.05, 4.69) is 4.72 Å². The minimum atomic E-state index is -3.69. The first-order chi connectivity index (χ1) is 9.44. The highest BCUT2D eigenvalue weighted by Crippen LogP contribution is 2.26. The summed E-state index contributed by atoms with van der Waals surface area (Å²) in [5.41, 5.74) is 7.44. The van der Waals surface area contributed by atoms with Crippen molar-refractivity contribution in [2.24, 2.45) is 5.73 Å². The lowest BCUT2D eigenvalue weighted by atomic mass is 10.1. The molecule has 0 unspecified atom stereocenters. The van der Waals surface area contributed by atoms with Crippen molar-refractivity contribution in [2.75, 3.05) is 4.72 Å². The van der Waals surface area contributed by atoms with Crippen molar-refractivity contribution in [3.8, 4) is 0 Å². The summed E-state index contributed by atoms with van der Waals surface area (Å²) in [4.78, 5) is 0.148. The van der Waals surface area contributed by atoms with Crippen molar-refractivity contribution < 1.29 is 8.42 Å². The summed E-state index contributed by atoms with van der Waals surface area (Å²) in [6.45, 7) is 1.96. The van der Waals surface area contributed by atoms with Crippen molar-refractivity contribution in [3.63, 3.8) is 0 Å². The smallest absolute Gasteiger partial charge is 0.262 e. The van der Waals surface area contributed by atoms with Crippen LogP contribution in [0.25, 0.3) is 0 Å².